The highest BCUT2D eigenvalue weighted by atomic mass is 79.9. The van der Waals surface area contributed by atoms with Crippen LogP contribution >= 0.6 is 15.9 Å². The van der Waals surface area contributed by atoms with Gasteiger partial charge in [0.15, 0.2) is 17.6 Å². The number of carbonyl (C=O) groups is 1. The number of rotatable bonds is 4. The number of halogens is 1. The van der Waals surface area contributed by atoms with Crippen molar-refractivity contribution in [3.8, 4) is 11.5 Å². The molecule has 17 heavy (non-hydrogen) atoms. The van der Waals surface area contributed by atoms with Crippen molar-refractivity contribution >= 4 is 21.9 Å². The number of ether oxygens (including phenoxy) is 2. The van der Waals surface area contributed by atoms with Crippen LogP contribution in [0.15, 0.2) is 10.5 Å². The molecule has 0 aliphatic rings. The van der Waals surface area contributed by atoms with Gasteiger partial charge < -0.3 is 19.7 Å². The molecule has 1 unspecified atom stereocenters. The molecule has 0 amide bonds. The van der Waals surface area contributed by atoms with Crippen LogP contribution in [0.3, 0.4) is 0 Å². The first-order valence-corrected chi connectivity index (χ1v) is 5.55. The summed E-state index contributed by atoms with van der Waals surface area (Å²) in [6.45, 7) is 1.66. The molecule has 1 atom stereocenters. The van der Waals surface area contributed by atoms with Crippen molar-refractivity contribution in [3.05, 3.63) is 21.7 Å². The lowest BCUT2D eigenvalue weighted by Gasteiger charge is -2.17. The maximum absolute atomic E-state index is 10.8. The third-order valence-electron chi connectivity index (χ3n) is 2.41. The van der Waals surface area contributed by atoms with E-state index in [2.05, 4.69) is 15.9 Å². The standard InChI is InChI=1S/C11H13BrO5/c1-5-8(9(13)11(14)15)6(12)4-7(16-2)10(5)17-3/h4,9,13H,1-3H3,(H,14,15). The highest BCUT2D eigenvalue weighted by molar-refractivity contribution is 9.10. The molecule has 0 spiro atoms. The average Bonchev–Trinajstić information content (AvgIpc) is 2.27. The lowest BCUT2D eigenvalue weighted by Crippen LogP contribution is -2.13. The Morgan fingerprint density at radius 3 is 2.41 bits per heavy atom. The summed E-state index contributed by atoms with van der Waals surface area (Å²) in [5, 5.41) is 18.4. The van der Waals surface area contributed by atoms with E-state index >= 15 is 0 Å². The van der Waals surface area contributed by atoms with Gasteiger partial charge >= 0.3 is 5.97 Å². The van der Waals surface area contributed by atoms with Crippen LogP contribution in [-0.2, 0) is 4.79 Å². The van der Waals surface area contributed by atoms with E-state index < -0.39 is 12.1 Å². The predicted molar refractivity (Wildman–Crippen MR) is 64.6 cm³/mol. The van der Waals surface area contributed by atoms with Crippen LogP contribution in [-0.4, -0.2) is 30.4 Å². The molecule has 0 saturated heterocycles. The van der Waals surface area contributed by atoms with Crippen LogP contribution in [0.25, 0.3) is 0 Å². The molecule has 0 saturated carbocycles. The Hall–Kier alpha value is -1.27. The molecule has 94 valence electrons. The second-order valence-electron chi connectivity index (χ2n) is 3.37. The summed E-state index contributed by atoms with van der Waals surface area (Å²) in [6, 6.07) is 1.56. The van der Waals surface area contributed by atoms with Gasteiger partial charge in [0.1, 0.15) is 0 Å². The Morgan fingerprint density at radius 1 is 1.41 bits per heavy atom. The minimum atomic E-state index is -1.61. The number of hydrogen-bond donors (Lipinski definition) is 2. The van der Waals surface area contributed by atoms with Crippen LogP contribution in [0.5, 0.6) is 11.5 Å². The van der Waals surface area contributed by atoms with Crippen molar-refractivity contribution < 1.29 is 24.5 Å². The van der Waals surface area contributed by atoms with E-state index in [9.17, 15) is 9.90 Å². The van der Waals surface area contributed by atoms with Gasteiger partial charge in [0.25, 0.3) is 0 Å². The fourth-order valence-corrected chi connectivity index (χ4v) is 2.33. The van der Waals surface area contributed by atoms with E-state index in [1.54, 1.807) is 13.0 Å². The number of methoxy groups -OCH3 is 2. The van der Waals surface area contributed by atoms with Crippen LogP contribution in [0.1, 0.15) is 17.2 Å². The molecule has 0 heterocycles. The molecule has 0 radical (unpaired) electrons. The molecule has 1 aromatic carbocycles. The number of carboxylic acid groups (broad SMARTS) is 1. The van der Waals surface area contributed by atoms with E-state index in [0.29, 0.717) is 21.5 Å². The number of aliphatic hydroxyl groups is 1. The number of aliphatic hydroxyl groups excluding tert-OH is 1. The minimum absolute atomic E-state index is 0.259. The molecule has 2 N–H and O–H groups in total. The van der Waals surface area contributed by atoms with Gasteiger partial charge in [0.2, 0.25) is 0 Å². The first kappa shape index (κ1) is 13.8. The molecule has 0 bridgehead atoms. The van der Waals surface area contributed by atoms with Crippen molar-refractivity contribution in [1.82, 2.24) is 0 Å². The Morgan fingerprint density at radius 2 is 2.00 bits per heavy atom. The molecule has 5 nitrogen and oxygen atoms in total. The molecule has 6 heteroatoms. The van der Waals surface area contributed by atoms with Crippen LogP contribution in [0.2, 0.25) is 0 Å². The molecule has 0 aliphatic heterocycles. The van der Waals surface area contributed by atoms with Gasteiger partial charge in [-0.15, -0.1) is 0 Å². The summed E-state index contributed by atoms with van der Waals surface area (Å²) >= 11 is 3.21. The predicted octanol–water partition coefficient (Wildman–Crippen LogP) is 1.89. The second kappa shape index (κ2) is 5.37. The van der Waals surface area contributed by atoms with Crippen molar-refractivity contribution in [1.29, 1.82) is 0 Å². The maximum atomic E-state index is 10.8. The minimum Gasteiger partial charge on any atom is -0.493 e. The fourth-order valence-electron chi connectivity index (χ4n) is 1.61. The quantitative estimate of drug-likeness (QED) is 0.888. The lowest BCUT2D eigenvalue weighted by atomic mass is 10.0. The van der Waals surface area contributed by atoms with Crippen molar-refractivity contribution in [2.24, 2.45) is 0 Å². The Balaban J connectivity index is 3.47. The van der Waals surface area contributed by atoms with E-state index in [1.165, 1.54) is 14.2 Å². The Labute approximate surface area is 107 Å². The first-order valence-electron chi connectivity index (χ1n) is 4.75. The second-order valence-corrected chi connectivity index (χ2v) is 4.23. The summed E-state index contributed by atoms with van der Waals surface area (Å²) in [6.07, 6.45) is -1.61. The van der Waals surface area contributed by atoms with Crippen molar-refractivity contribution in [3.63, 3.8) is 0 Å². The highest BCUT2D eigenvalue weighted by Crippen LogP contribution is 2.40. The van der Waals surface area contributed by atoms with Crippen molar-refractivity contribution in [2.75, 3.05) is 14.2 Å². The number of aliphatic carboxylic acids is 1. The molecule has 1 rings (SSSR count). The molecule has 0 aromatic heterocycles. The SMILES string of the molecule is COc1cc(Br)c(C(O)C(=O)O)c(C)c1OC. The van der Waals surface area contributed by atoms with Crippen LogP contribution < -0.4 is 9.47 Å². The van der Waals surface area contributed by atoms with E-state index in [1.807, 2.05) is 0 Å². The summed E-state index contributed by atoms with van der Waals surface area (Å²) in [7, 11) is 2.94. The summed E-state index contributed by atoms with van der Waals surface area (Å²) < 4.78 is 10.7. The lowest BCUT2D eigenvalue weighted by molar-refractivity contribution is -0.147. The summed E-state index contributed by atoms with van der Waals surface area (Å²) in [4.78, 5) is 10.8. The number of carboxylic acids is 1. The zero-order valence-corrected chi connectivity index (χ0v) is 11.2. The normalized spacial score (nSPS) is 12.1. The largest absolute Gasteiger partial charge is 0.493 e. The fraction of sp³-hybridized carbons (Fsp3) is 0.364. The third kappa shape index (κ3) is 2.53. The van der Waals surface area contributed by atoms with E-state index in [0.717, 1.165) is 0 Å². The van der Waals surface area contributed by atoms with E-state index in [4.69, 9.17) is 14.6 Å². The highest BCUT2D eigenvalue weighted by Gasteiger charge is 2.25. The van der Waals surface area contributed by atoms with Gasteiger partial charge in [-0.25, -0.2) is 4.79 Å². The molecule has 1 aromatic rings. The van der Waals surface area contributed by atoms with E-state index in [-0.39, 0.29) is 5.56 Å². The van der Waals surface area contributed by atoms with Gasteiger partial charge in [0.05, 0.1) is 14.2 Å². The van der Waals surface area contributed by atoms with Crippen LogP contribution in [0.4, 0.5) is 0 Å². The molecular formula is C11H13BrO5. The zero-order chi connectivity index (χ0) is 13.2. The zero-order valence-electron chi connectivity index (χ0n) is 9.65. The smallest absolute Gasteiger partial charge is 0.337 e. The number of hydrogen-bond acceptors (Lipinski definition) is 4. The van der Waals surface area contributed by atoms with Gasteiger partial charge in [-0.05, 0) is 13.0 Å². The molecular weight excluding hydrogens is 292 g/mol. The van der Waals surface area contributed by atoms with Gasteiger partial charge in [-0.1, -0.05) is 15.9 Å². The van der Waals surface area contributed by atoms with Crippen LogP contribution in [0, 0.1) is 6.92 Å². The average molecular weight is 305 g/mol. The topological polar surface area (TPSA) is 76.0 Å². The van der Waals surface area contributed by atoms with Gasteiger partial charge in [-0.2, -0.15) is 0 Å². The number of benzene rings is 1. The Kier molecular flexibility index (Phi) is 4.36. The van der Waals surface area contributed by atoms with Crippen molar-refractivity contribution in [2.45, 2.75) is 13.0 Å². The summed E-state index contributed by atoms with van der Waals surface area (Å²) in [5.74, 6) is -0.440. The van der Waals surface area contributed by atoms with Gasteiger partial charge in [-0.3, -0.25) is 0 Å². The molecule has 0 aliphatic carbocycles. The first-order chi connectivity index (χ1) is 7.93. The third-order valence-corrected chi connectivity index (χ3v) is 3.07. The Bertz CT molecular complexity index is 444. The summed E-state index contributed by atoms with van der Waals surface area (Å²) in [5.41, 5.74) is 0.781. The van der Waals surface area contributed by atoms with Gasteiger partial charge in [0, 0.05) is 15.6 Å². The maximum Gasteiger partial charge on any atom is 0.337 e. The molecule has 0 fully saturated rings. The monoisotopic (exact) mass is 304 g/mol.